The normalized spacial score (nSPS) is 17.6. The van der Waals surface area contributed by atoms with Crippen LogP contribution >= 0.6 is 0 Å². The van der Waals surface area contributed by atoms with Crippen molar-refractivity contribution in [3.63, 3.8) is 0 Å². The first-order chi connectivity index (χ1) is 13.5. The van der Waals surface area contributed by atoms with Crippen LogP contribution in [0.3, 0.4) is 0 Å². The fourth-order valence-electron chi connectivity index (χ4n) is 2.55. The number of aryl methyl sites for hydroxylation is 1. The van der Waals surface area contributed by atoms with Crippen molar-refractivity contribution in [3.8, 4) is 11.8 Å². The zero-order valence-corrected chi connectivity index (χ0v) is 17.2. The molecule has 12 nitrogen and oxygen atoms in total. The lowest BCUT2D eigenvalue weighted by atomic mass is 10.1. The number of para-hydroxylation sites is 1. The number of nitrogens with one attached hydrogen (secondary N) is 2. The van der Waals surface area contributed by atoms with Crippen LogP contribution in [0.2, 0.25) is 0 Å². The van der Waals surface area contributed by atoms with Gasteiger partial charge >= 0.3 is 22.2 Å². The second-order valence-corrected chi connectivity index (χ2v) is 9.70. The summed E-state index contributed by atoms with van der Waals surface area (Å²) in [5.74, 6) is -0.326. The molecule has 2 amide bonds. The molecular formula is C15H17N5O7S2. The predicted molar refractivity (Wildman–Crippen MR) is 99.6 cm³/mol. The highest BCUT2D eigenvalue weighted by Gasteiger charge is 2.35. The lowest BCUT2D eigenvalue weighted by Gasteiger charge is -2.24. The van der Waals surface area contributed by atoms with E-state index in [9.17, 15) is 21.6 Å². The van der Waals surface area contributed by atoms with Crippen molar-refractivity contribution in [3.05, 3.63) is 29.6 Å². The van der Waals surface area contributed by atoms with Crippen molar-refractivity contribution in [2.24, 2.45) is 0 Å². The van der Waals surface area contributed by atoms with E-state index in [1.165, 1.54) is 27.0 Å². The molecule has 2 aromatic rings. The number of sulfonamides is 1. The van der Waals surface area contributed by atoms with E-state index in [1.54, 1.807) is 10.8 Å². The fourth-order valence-corrected chi connectivity index (χ4v) is 4.66. The number of rotatable bonds is 4. The molecule has 0 bridgehead atoms. The molecule has 2 N–H and O–H groups in total. The van der Waals surface area contributed by atoms with E-state index in [4.69, 9.17) is 8.92 Å². The number of carbonyl (C=O) groups excluding carboxylic acids is 1. The van der Waals surface area contributed by atoms with Crippen molar-refractivity contribution >= 4 is 32.1 Å². The molecule has 0 fully saturated rings. The van der Waals surface area contributed by atoms with Gasteiger partial charge in [-0.2, -0.15) is 23.4 Å². The van der Waals surface area contributed by atoms with Gasteiger partial charge in [-0.1, -0.05) is 12.1 Å². The summed E-state index contributed by atoms with van der Waals surface area (Å²) < 4.78 is 61.0. The number of aromatic nitrogens is 3. The summed E-state index contributed by atoms with van der Waals surface area (Å²) in [5, 5.41) is 1.33. The smallest absolute Gasteiger partial charge is 0.335 e. The number of hydrogen-bond donors (Lipinski definition) is 2. The number of ether oxygens (including phenoxy) is 1. The second-order valence-electron chi connectivity index (χ2n) is 6.09. The third-order valence-electron chi connectivity index (χ3n) is 3.91. The monoisotopic (exact) mass is 443 g/mol. The highest BCUT2D eigenvalue weighted by molar-refractivity contribution is 7.90. The van der Waals surface area contributed by atoms with Gasteiger partial charge in [0.1, 0.15) is 10.7 Å². The van der Waals surface area contributed by atoms with Crippen LogP contribution in [0.1, 0.15) is 18.3 Å². The van der Waals surface area contributed by atoms with Crippen LogP contribution in [-0.4, -0.2) is 50.2 Å². The van der Waals surface area contributed by atoms with Gasteiger partial charge in [0.2, 0.25) is 5.95 Å². The van der Waals surface area contributed by atoms with Gasteiger partial charge in [0.05, 0.1) is 12.4 Å². The third-order valence-corrected chi connectivity index (χ3v) is 6.82. The Labute approximate surface area is 166 Å². The number of carbonyl (C=O) groups is 1. The first-order valence-corrected chi connectivity index (χ1v) is 11.1. The van der Waals surface area contributed by atoms with Crippen molar-refractivity contribution in [1.29, 1.82) is 0 Å². The minimum atomic E-state index is -4.47. The Morgan fingerprint density at radius 3 is 2.69 bits per heavy atom. The minimum absolute atomic E-state index is 0.0690. The molecule has 1 atom stereocenters. The van der Waals surface area contributed by atoms with Crippen molar-refractivity contribution in [1.82, 2.24) is 19.7 Å². The number of amides is 2. The van der Waals surface area contributed by atoms with E-state index in [-0.39, 0.29) is 30.0 Å². The number of methoxy groups -OCH3 is 1. The molecule has 0 saturated heterocycles. The minimum Gasteiger partial charge on any atom is -0.467 e. The summed E-state index contributed by atoms with van der Waals surface area (Å²) in [6.07, 6.45) is 0.0805. The van der Waals surface area contributed by atoms with Gasteiger partial charge in [0.15, 0.2) is 5.75 Å². The maximum Gasteiger partial charge on any atom is 0.335 e. The predicted octanol–water partition coefficient (Wildman–Crippen LogP) is 0.352. The zero-order chi connectivity index (χ0) is 21.4. The van der Waals surface area contributed by atoms with Gasteiger partial charge in [-0.15, -0.1) is 0 Å². The molecule has 1 aromatic carbocycles. The summed E-state index contributed by atoms with van der Waals surface area (Å²) in [6.45, 7) is 2.98. The molecular weight excluding hydrogens is 426 g/mol. The van der Waals surface area contributed by atoms with Crippen LogP contribution in [0, 0.1) is 6.92 Å². The molecule has 3 rings (SSSR count). The van der Waals surface area contributed by atoms with Crippen LogP contribution in [0.25, 0.3) is 0 Å². The largest absolute Gasteiger partial charge is 0.467 e. The summed E-state index contributed by atoms with van der Waals surface area (Å²) in [6, 6.07) is 2.89. The Bertz CT molecular complexity index is 1180. The average Bonchev–Trinajstić information content (AvgIpc) is 2.60. The van der Waals surface area contributed by atoms with Gasteiger partial charge in [0, 0.05) is 0 Å². The molecule has 2 heterocycles. The zero-order valence-electron chi connectivity index (χ0n) is 15.5. The molecule has 0 aliphatic carbocycles. The molecule has 1 unspecified atom stereocenters. The van der Waals surface area contributed by atoms with Gasteiger partial charge in [-0.05, 0) is 31.9 Å². The van der Waals surface area contributed by atoms with E-state index in [0.717, 1.165) is 6.07 Å². The third kappa shape index (κ3) is 4.37. The van der Waals surface area contributed by atoms with Gasteiger partial charge < -0.3 is 8.92 Å². The molecule has 156 valence electrons. The quantitative estimate of drug-likeness (QED) is 0.629. The van der Waals surface area contributed by atoms with E-state index >= 15 is 0 Å². The topological polar surface area (TPSA) is 167 Å². The van der Waals surface area contributed by atoms with Crippen LogP contribution < -0.4 is 19.0 Å². The number of fused-ring (bicyclic) bond motifs is 1. The first kappa shape index (κ1) is 20.7. The summed E-state index contributed by atoms with van der Waals surface area (Å²) >= 11 is 0. The molecule has 29 heavy (non-hydrogen) atoms. The van der Waals surface area contributed by atoms with Crippen molar-refractivity contribution < 1.29 is 30.6 Å². The van der Waals surface area contributed by atoms with Gasteiger partial charge in [0.25, 0.3) is 10.0 Å². The summed E-state index contributed by atoms with van der Waals surface area (Å²) in [4.78, 5) is 23.1. The van der Waals surface area contributed by atoms with Crippen LogP contribution in [-0.2, 0) is 26.6 Å². The number of benzene rings is 1. The molecule has 14 heteroatoms. The van der Waals surface area contributed by atoms with E-state index < -0.39 is 36.3 Å². The first-order valence-electron chi connectivity index (χ1n) is 8.17. The Hall–Kier alpha value is -3.00. The lowest BCUT2D eigenvalue weighted by molar-refractivity contribution is 0.256. The number of nitrogens with zero attached hydrogens (tertiary/aromatic N) is 3. The molecule has 1 aromatic heterocycles. The van der Waals surface area contributed by atoms with E-state index in [2.05, 4.69) is 20.3 Å². The number of urea groups is 1. The average molecular weight is 443 g/mol. The maximum absolute atomic E-state index is 12.7. The maximum atomic E-state index is 12.7. The van der Waals surface area contributed by atoms with E-state index in [0.29, 0.717) is 5.56 Å². The van der Waals surface area contributed by atoms with Crippen LogP contribution in [0.4, 0.5) is 10.7 Å². The Morgan fingerprint density at radius 1 is 1.28 bits per heavy atom. The number of anilines is 1. The summed E-state index contributed by atoms with van der Waals surface area (Å²) in [7, 11) is -7.13. The number of hydrogen-bond acceptors (Lipinski definition) is 10. The van der Waals surface area contributed by atoms with E-state index in [1.807, 2.05) is 0 Å². The molecule has 0 radical (unpaired) electrons. The highest BCUT2D eigenvalue weighted by Crippen LogP contribution is 2.35. The Kier molecular flexibility index (Phi) is 5.32. The lowest BCUT2D eigenvalue weighted by Crippen LogP contribution is -2.36. The molecule has 1 aliphatic heterocycles. The van der Waals surface area contributed by atoms with Crippen LogP contribution in [0.5, 0.6) is 11.8 Å². The standard InChI is InChI=1S/C15H17N5O7S2/c1-8-7-10-5-4-6-11(12(10)27-29(8,24)25)28(22,23)20-14(21)18-13-16-9(2)17-15(19-13)26-3/h4-6,8H,7H2,1-3H3,(H2,16,17,18,19,20,21). The van der Waals surface area contributed by atoms with Gasteiger partial charge in [-0.3, -0.25) is 5.32 Å². The molecule has 0 spiro atoms. The van der Waals surface area contributed by atoms with Crippen molar-refractivity contribution in [2.45, 2.75) is 30.4 Å². The Balaban J connectivity index is 1.87. The van der Waals surface area contributed by atoms with Crippen LogP contribution in [0.15, 0.2) is 23.1 Å². The highest BCUT2D eigenvalue weighted by atomic mass is 32.2. The Morgan fingerprint density at radius 2 is 2.00 bits per heavy atom. The SMILES string of the molecule is COc1nc(C)nc(NC(=O)NS(=O)(=O)c2cccc3c2OS(=O)(=O)C(C)C3)n1. The summed E-state index contributed by atoms with van der Waals surface area (Å²) in [5.41, 5.74) is 0.397. The van der Waals surface area contributed by atoms with Gasteiger partial charge in [-0.25, -0.2) is 17.9 Å². The molecule has 0 saturated carbocycles. The van der Waals surface area contributed by atoms with Crippen molar-refractivity contribution in [2.75, 3.05) is 12.4 Å². The molecule has 1 aliphatic rings. The second kappa shape index (κ2) is 7.44. The fraction of sp³-hybridized carbons (Fsp3) is 0.333.